The van der Waals surface area contributed by atoms with Crippen molar-refractivity contribution in [1.29, 1.82) is 0 Å². The predicted molar refractivity (Wildman–Crippen MR) is 111 cm³/mol. The molecule has 2 aromatic carbocycles. The van der Waals surface area contributed by atoms with E-state index in [1.807, 2.05) is 12.1 Å². The Morgan fingerprint density at radius 2 is 1.79 bits per heavy atom. The first-order valence-electron chi connectivity index (χ1n) is 9.30. The predicted octanol–water partition coefficient (Wildman–Crippen LogP) is 3.96. The molecule has 2 N–H and O–H groups in total. The first-order chi connectivity index (χ1) is 14.0. The summed E-state index contributed by atoms with van der Waals surface area (Å²) in [6.45, 7) is 2.62. The Balaban J connectivity index is 1.43. The van der Waals surface area contributed by atoms with Gasteiger partial charge in [-0.15, -0.1) is 0 Å². The molecule has 0 fully saturated rings. The Kier molecular flexibility index (Phi) is 5.27. The van der Waals surface area contributed by atoms with Crippen LogP contribution in [0.4, 0.5) is 5.69 Å². The van der Waals surface area contributed by atoms with Crippen LogP contribution in [0.25, 0.3) is 0 Å². The number of anilines is 1. The van der Waals surface area contributed by atoms with Crippen LogP contribution in [0.2, 0.25) is 5.02 Å². The van der Waals surface area contributed by atoms with Crippen molar-refractivity contribution in [1.82, 2.24) is 10.9 Å². The Labute approximate surface area is 173 Å². The molecule has 29 heavy (non-hydrogen) atoms. The number of fused-ring (bicyclic) bond motifs is 1. The van der Waals surface area contributed by atoms with Gasteiger partial charge in [-0.3, -0.25) is 20.4 Å². The summed E-state index contributed by atoms with van der Waals surface area (Å²) in [4.78, 5) is 27.0. The lowest BCUT2D eigenvalue weighted by Gasteiger charge is -2.24. The van der Waals surface area contributed by atoms with Crippen molar-refractivity contribution in [3.63, 3.8) is 0 Å². The van der Waals surface area contributed by atoms with Gasteiger partial charge in [0.15, 0.2) is 0 Å². The lowest BCUT2D eigenvalue weighted by Crippen LogP contribution is -2.42. The normalized spacial score (nSPS) is 15.1. The van der Waals surface area contributed by atoms with E-state index in [9.17, 15) is 9.59 Å². The van der Waals surface area contributed by atoms with Crippen molar-refractivity contribution in [3.8, 4) is 0 Å². The topological polar surface area (TPSA) is 74.6 Å². The van der Waals surface area contributed by atoms with Crippen LogP contribution in [0, 0.1) is 0 Å². The summed E-state index contributed by atoms with van der Waals surface area (Å²) in [6, 6.07) is 16.5. The molecule has 148 valence electrons. The van der Waals surface area contributed by atoms with E-state index in [0.717, 1.165) is 12.1 Å². The van der Waals surface area contributed by atoms with E-state index >= 15 is 0 Å². The summed E-state index contributed by atoms with van der Waals surface area (Å²) in [5, 5.41) is 0.534. The van der Waals surface area contributed by atoms with Crippen LogP contribution in [0.5, 0.6) is 0 Å². The highest BCUT2D eigenvalue weighted by Gasteiger charge is 2.28. The average Bonchev–Trinajstić information content (AvgIpc) is 3.31. The Hall–Kier alpha value is -3.25. The largest absolute Gasteiger partial charge is 0.467 e. The third-order valence-corrected chi connectivity index (χ3v) is 5.30. The molecule has 4 rings (SSSR count). The SMILES string of the molecule is CC1Cc2ccccc2N1Cc1occc1C(=O)NNC(=O)c1ccc(Cl)cc1. The summed E-state index contributed by atoms with van der Waals surface area (Å²) in [5.41, 5.74) is 8.08. The van der Waals surface area contributed by atoms with Gasteiger partial charge in [-0.1, -0.05) is 29.8 Å². The van der Waals surface area contributed by atoms with E-state index < -0.39 is 11.8 Å². The standard InChI is InChI=1S/C22H20ClN3O3/c1-14-12-16-4-2-3-5-19(16)26(14)13-20-18(10-11-29-20)22(28)25-24-21(27)15-6-8-17(23)9-7-15/h2-11,14H,12-13H2,1H3,(H,24,27)(H,25,28). The second-order valence-corrected chi connectivity index (χ2v) is 7.42. The zero-order valence-electron chi connectivity index (χ0n) is 15.8. The number of hydrogen-bond donors (Lipinski definition) is 2. The molecular weight excluding hydrogens is 390 g/mol. The second-order valence-electron chi connectivity index (χ2n) is 6.98. The maximum Gasteiger partial charge on any atom is 0.273 e. The van der Waals surface area contributed by atoms with Gasteiger partial charge in [0.2, 0.25) is 0 Å². The van der Waals surface area contributed by atoms with Crippen LogP contribution in [0.15, 0.2) is 65.3 Å². The molecule has 0 aliphatic carbocycles. The molecule has 7 heteroatoms. The fourth-order valence-corrected chi connectivity index (χ4v) is 3.67. The number of hydrazine groups is 1. The van der Waals surface area contributed by atoms with Gasteiger partial charge in [0.25, 0.3) is 11.8 Å². The van der Waals surface area contributed by atoms with Crippen LogP contribution >= 0.6 is 11.6 Å². The summed E-state index contributed by atoms with van der Waals surface area (Å²) >= 11 is 5.82. The third kappa shape index (κ3) is 3.98. The van der Waals surface area contributed by atoms with E-state index in [2.05, 4.69) is 34.8 Å². The monoisotopic (exact) mass is 409 g/mol. The van der Waals surface area contributed by atoms with Gasteiger partial charge in [0, 0.05) is 22.3 Å². The molecule has 2 heterocycles. The molecule has 0 saturated heterocycles. The van der Waals surface area contributed by atoms with Gasteiger partial charge >= 0.3 is 0 Å². The fourth-order valence-electron chi connectivity index (χ4n) is 3.54. The number of nitrogens with one attached hydrogen (secondary N) is 2. The number of carbonyl (C=O) groups excluding carboxylic acids is 2. The van der Waals surface area contributed by atoms with E-state index in [4.69, 9.17) is 16.0 Å². The average molecular weight is 410 g/mol. The van der Waals surface area contributed by atoms with Crippen LogP contribution < -0.4 is 15.8 Å². The maximum absolute atomic E-state index is 12.6. The number of hydrogen-bond acceptors (Lipinski definition) is 4. The van der Waals surface area contributed by atoms with Crippen molar-refractivity contribution in [2.75, 3.05) is 4.90 Å². The quantitative estimate of drug-likeness (QED) is 0.639. The van der Waals surface area contributed by atoms with Gasteiger partial charge in [-0.05, 0) is 55.3 Å². The van der Waals surface area contributed by atoms with E-state index in [-0.39, 0.29) is 0 Å². The smallest absolute Gasteiger partial charge is 0.273 e. The molecule has 1 unspecified atom stereocenters. The molecule has 1 atom stereocenters. The van der Waals surface area contributed by atoms with Crippen LogP contribution in [-0.2, 0) is 13.0 Å². The van der Waals surface area contributed by atoms with E-state index in [1.54, 1.807) is 30.3 Å². The summed E-state index contributed by atoms with van der Waals surface area (Å²) in [6.07, 6.45) is 2.44. The molecule has 2 amide bonds. The fraction of sp³-hybridized carbons (Fsp3) is 0.182. The van der Waals surface area contributed by atoms with Crippen molar-refractivity contribution in [2.45, 2.75) is 25.9 Å². The van der Waals surface area contributed by atoms with Crippen molar-refractivity contribution >= 4 is 29.1 Å². The minimum absolute atomic E-state index is 0.304. The number of halogens is 1. The number of para-hydroxylation sites is 1. The maximum atomic E-state index is 12.6. The molecule has 3 aromatic rings. The van der Waals surface area contributed by atoms with Crippen molar-refractivity contribution < 1.29 is 14.0 Å². The number of carbonyl (C=O) groups is 2. The van der Waals surface area contributed by atoms with Gasteiger partial charge in [-0.25, -0.2) is 0 Å². The van der Waals surface area contributed by atoms with Crippen LogP contribution in [0.3, 0.4) is 0 Å². The molecular formula is C22H20ClN3O3. The molecule has 0 saturated carbocycles. The van der Waals surface area contributed by atoms with Gasteiger partial charge in [0.05, 0.1) is 18.4 Å². The molecule has 0 spiro atoms. The second kappa shape index (κ2) is 8.01. The molecule has 0 bridgehead atoms. The highest BCUT2D eigenvalue weighted by atomic mass is 35.5. The molecule has 0 radical (unpaired) electrons. The van der Waals surface area contributed by atoms with Gasteiger partial charge < -0.3 is 9.32 Å². The first-order valence-corrected chi connectivity index (χ1v) is 9.68. The van der Waals surface area contributed by atoms with Gasteiger partial charge in [-0.2, -0.15) is 0 Å². The van der Waals surface area contributed by atoms with E-state index in [0.29, 0.717) is 34.5 Å². The highest BCUT2D eigenvalue weighted by molar-refractivity contribution is 6.30. The van der Waals surface area contributed by atoms with Crippen LogP contribution in [0.1, 0.15) is 39.0 Å². The Morgan fingerprint density at radius 1 is 1.07 bits per heavy atom. The minimum Gasteiger partial charge on any atom is -0.467 e. The van der Waals surface area contributed by atoms with E-state index in [1.165, 1.54) is 11.8 Å². The lowest BCUT2D eigenvalue weighted by atomic mass is 10.1. The number of amides is 2. The highest BCUT2D eigenvalue weighted by Crippen LogP contribution is 2.33. The molecule has 1 aromatic heterocycles. The number of rotatable bonds is 4. The van der Waals surface area contributed by atoms with Crippen molar-refractivity contribution in [2.24, 2.45) is 0 Å². The number of nitrogens with zero attached hydrogens (tertiary/aromatic N) is 1. The Morgan fingerprint density at radius 3 is 2.59 bits per heavy atom. The molecule has 1 aliphatic rings. The summed E-state index contributed by atoms with van der Waals surface area (Å²) in [7, 11) is 0. The number of benzene rings is 2. The van der Waals surface area contributed by atoms with Gasteiger partial charge in [0.1, 0.15) is 5.76 Å². The molecule has 1 aliphatic heterocycles. The molecule has 6 nitrogen and oxygen atoms in total. The summed E-state index contributed by atoms with van der Waals surface area (Å²) < 4.78 is 5.59. The van der Waals surface area contributed by atoms with Crippen LogP contribution in [-0.4, -0.2) is 17.9 Å². The Bertz CT molecular complexity index is 1050. The third-order valence-electron chi connectivity index (χ3n) is 5.05. The van der Waals surface area contributed by atoms with Crippen molar-refractivity contribution in [3.05, 3.63) is 88.3 Å². The number of furan rings is 1. The zero-order valence-corrected chi connectivity index (χ0v) is 16.6. The first kappa shape index (κ1) is 19.1. The zero-order chi connectivity index (χ0) is 20.4. The summed E-state index contributed by atoms with van der Waals surface area (Å²) in [5.74, 6) is -0.315. The minimum atomic E-state index is -0.434. The lowest BCUT2D eigenvalue weighted by molar-refractivity contribution is 0.0845.